The summed E-state index contributed by atoms with van der Waals surface area (Å²) in [5.74, 6) is 2.29. The number of nitrogens with zero attached hydrogens (tertiary/aromatic N) is 1. The van der Waals surface area contributed by atoms with Gasteiger partial charge in [0.25, 0.3) is 5.91 Å². The average Bonchev–Trinajstić information content (AvgIpc) is 2.43. The van der Waals surface area contributed by atoms with Crippen molar-refractivity contribution in [2.24, 2.45) is 0 Å². The summed E-state index contributed by atoms with van der Waals surface area (Å²) in [4.78, 5) is 16.2. The maximum absolute atomic E-state index is 11.9. The van der Waals surface area contributed by atoms with Crippen LogP contribution in [0.4, 0.5) is 0 Å². The second kappa shape index (κ2) is 6.21. The van der Waals surface area contributed by atoms with Gasteiger partial charge in [-0.25, -0.2) is 4.98 Å². The van der Waals surface area contributed by atoms with E-state index in [2.05, 4.69) is 16.2 Å². The number of benzene rings is 1. The van der Waals surface area contributed by atoms with Crippen LogP contribution < -0.4 is 5.32 Å². The van der Waals surface area contributed by atoms with Crippen LogP contribution in [0.25, 0.3) is 10.9 Å². The standard InChI is InChI=1S/C15H13ClN2O/c1-2-3-6-9-17-15(19)14-10-12(16)11-7-4-5-8-13(11)18-14/h1,4-5,7-8,10H,3,6,9H2,(H,17,19). The number of pyridine rings is 1. The maximum atomic E-state index is 11.9. The lowest BCUT2D eigenvalue weighted by Crippen LogP contribution is -2.25. The Morgan fingerprint density at radius 2 is 2.21 bits per heavy atom. The number of carbonyl (C=O) groups excluding carboxylic acids is 1. The molecule has 96 valence electrons. The van der Waals surface area contributed by atoms with Crippen LogP contribution >= 0.6 is 11.6 Å². The summed E-state index contributed by atoms with van der Waals surface area (Å²) in [6.45, 7) is 0.537. The summed E-state index contributed by atoms with van der Waals surface area (Å²) in [6.07, 6.45) is 6.54. The Labute approximate surface area is 117 Å². The minimum atomic E-state index is -0.232. The molecule has 2 rings (SSSR count). The molecule has 1 aromatic carbocycles. The van der Waals surface area contributed by atoms with Crippen LogP contribution in [-0.2, 0) is 0 Å². The van der Waals surface area contributed by atoms with Gasteiger partial charge in [-0.3, -0.25) is 4.79 Å². The van der Waals surface area contributed by atoms with Crippen molar-refractivity contribution in [2.75, 3.05) is 6.54 Å². The van der Waals surface area contributed by atoms with Crippen molar-refractivity contribution in [3.05, 3.63) is 41.0 Å². The summed E-state index contributed by atoms with van der Waals surface area (Å²) >= 11 is 6.14. The first-order chi connectivity index (χ1) is 9.22. The molecule has 19 heavy (non-hydrogen) atoms. The number of amides is 1. The van der Waals surface area contributed by atoms with E-state index in [1.165, 1.54) is 0 Å². The predicted molar refractivity (Wildman–Crippen MR) is 77.2 cm³/mol. The minimum Gasteiger partial charge on any atom is -0.351 e. The first-order valence-electron chi connectivity index (χ1n) is 5.99. The lowest BCUT2D eigenvalue weighted by molar-refractivity contribution is 0.0949. The quantitative estimate of drug-likeness (QED) is 0.687. The van der Waals surface area contributed by atoms with Crippen LogP contribution in [0.3, 0.4) is 0 Å². The summed E-state index contributed by atoms with van der Waals surface area (Å²) in [5.41, 5.74) is 1.04. The first-order valence-corrected chi connectivity index (χ1v) is 6.37. The molecule has 1 heterocycles. The Balaban J connectivity index is 2.16. The van der Waals surface area contributed by atoms with Crippen LogP contribution in [-0.4, -0.2) is 17.4 Å². The molecule has 0 aliphatic rings. The van der Waals surface area contributed by atoms with E-state index < -0.39 is 0 Å². The van der Waals surface area contributed by atoms with E-state index in [9.17, 15) is 4.79 Å². The molecule has 0 atom stereocenters. The molecule has 2 aromatic rings. The fourth-order valence-corrected chi connectivity index (χ4v) is 2.00. The summed E-state index contributed by atoms with van der Waals surface area (Å²) in [6, 6.07) is 9.03. The number of halogens is 1. The van der Waals surface area contributed by atoms with E-state index in [0.717, 1.165) is 11.8 Å². The number of para-hydroxylation sites is 1. The van der Waals surface area contributed by atoms with Crippen molar-refractivity contribution >= 4 is 28.4 Å². The van der Waals surface area contributed by atoms with Crippen LogP contribution in [0.5, 0.6) is 0 Å². The monoisotopic (exact) mass is 272 g/mol. The number of hydrogen-bond donors (Lipinski definition) is 1. The van der Waals surface area contributed by atoms with E-state index in [-0.39, 0.29) is 5.91 Å². The topological polar surface area (TPSA) is 42.0 Å². The molecule has 1 aromatic heterocycles. The number of terminal acetylenes is 1. The van der Waals surface area contributed by atoms with Gasteiger partial charge in [-0.1, -0.05) is 29.8 Å². The van der Waals surface area contributed by atoms with Crippen molar-refractivity contribution in [2.45, 2.75) is 12.8 Å². The molecule has 3 nitrogen and oxygen atoms in total. The number of aromatic nitrogens is 1. The number of fused-ring (bicyclic) bond motifs is 1. The summed E-state index contributed by atoms with van der Waals surface area (Å²) in [7, 11) is 0. The summed E-state index contributed by atoms with van der Waals surface area (Å²) in [5, 5.41) is 4.14. The zero-order valence-electron chi connectivity index (χ0n) is 10.3. The normalized spacial score (nSPS) is 10.1. The van der Waals surface area contributed by atoms with E-state index in [1.807, 2.05) is 24.3 Å². The molecular weight excluding hydrogens is 260 g/mol. The van der Waals surface area contributed by atoms with Gasteiger partial charge in [-0.15, -0.1) is 12.3 Å². The van der Waals surface area contributed by atoms with Gasteiger partial charge in [0.1, 0.15) is 5.69 Å². The largest absolute Gasteiger partial charge is 0.351 e. The minimum absolute atomic E-state index is 0.232. The van der Waals surface area contributed by atoms with Crippen molar-refractivity contribution in [3.8, 4) is 12.3 Å². The van der Waals surface area contributed by atoms with Crippen molar-refractivity contribution < 1.29 is 4.79 Å². The number of unbranched alkanes of at least 4 members (excludes halogenated alkanes) is 1. The van der Waals surface area contributed by atoms with E-state index in [0.29, 0.717) is 29.2 Å². The molecule has 0 unspecified atom stereocenters. The Bertz CT molecular complexity index is 646. The Morgan fingerprint density at radius 3 is 3.00 bits per heavy atom. The molecule has 1 amide bonds. The lowest BCUT2D eigenvalue weighted by Gasteiger charge is -2.06. The second-order valence-electron chi connectivity index (χ2n) is 4.07. The van der Waals surface area contributed by atoms with E-state index in [1.54, 1.807) is 6.07 Å². The third-order valence-corrected chi connectivity index (χ3v) is 2.99. The number of hydrogen-bond acceptors (Lipinski definition) is 2. The van der Waals surface area contributed by atoms with Gasteiger partial charge >= 0.3 is 0 Å². The Kier molecular flexibility index (Phi) is 4.38. The van der Waals surface area contributed by atoms with E-state index >= 15 is 0 Å². The number of nitrogens with one attached hydrogen (secondary N) is 1. The van der Waals surface area contributed by atoms with Crippen molar-refractivity contribution in [1.29, 1.82) is 0 Å². The highest BCUT2D eigenvalue weighted by Crippen LogP contribution is 2.22. The molecule has 0 spiro atoms. The van der Waals surface area contributed by atoms with Gasteiger partial charge in [0.15, 0.2) is 0 Å². The molecule has 0 aliphatic heterocycles. The van der Waals surface area contributed by atoms with Crippen LogP contribution in [0.2, 0.25) is 5.02 Å². The second-order valence-corrected chi connectivity index (χ2v) is 4.48. The van der Waals surface area contributed by atoms with Crippen LogP contribution in [0, 0.1) is 12.3 Å². The number of rotatable bonds is 4. The Hall–Kier alpha value is -2.05. The third kappa shape index (κ3) is 3.24. The smallest absolute Gasteiger partial charge is 0.269 e. The van der Waals surface area contributed by atoms with Crippen LogP contribution in [0.15, 0.2) is 30.3 Å². The molecule has 0 radical (unpaired) electrons. The fourth-order valence-electron chi connectivity index (χ4n) is 1.73. The van der Waals surface area contributed by atoms with E-state index in [4.69, 9.17) is 18.0 Å². The molecule has 0 fully saturated rings. The maximum Gasteiger partial charge on any atom is 0.269 e. The third-order valence-electron chi connectivity index (χ3n) is 2.68. The van der Waals surface area contributed by atoms with Crippen molar-refractivity contribution in [1.82, 2.24) is 10.3 Å². The zero-order chi connectivity index (χ0) is 13.7. The van der Waals surface area contributed by atoms with Gasteiger partial charge in [-0.2, -0.15) is 0 Å². The highest BCUT2D eigenvalue weighted by Gasteiger charge is 2.10. The molecule has 4 heteroatoms. The van der Waals surface area contributed by atoms with Gasteiger partial charge in [0.05, 0.1) is 10.5 Å². The van der Waals surface area contributed by atoms with Gasteiger partial charge in [0.2, 0.25) is 0 Å². The first kappa shape index (κ1) is 13.4. The molecule has 0 aliphatic carbocycles. The summed E-state index contributed by atoms with van der Waals surface area (Å²) < 4.78 is 0. The lowest BCUT2D eigenvalue weighted by atomic mass is 10.2. The van der Waals surface area contributed by atoms with Crippen molar-refractivity contribution in [3.63, 3.8) is 0 Å². The number of carbonyl (C=O) groups is 1. The SMILES string of the molecule is C#CCCCNC(=O)c1cc(Cl)c2ccccc2n1. The predicted octanol–water partition coefficient (Wildman–Crippen LogP) is 3.03. The molecule has 0 saturated carbocycles. The van der Waals surface area contributed by atoms with Gasteiger partial charge in [0, 0.05) is 18.4 Å². The highest BCUT2D eigenvalue weighted by molar-refractivity contribution is 6.35. The average molecular weight is 273 g/mol. The molecule has 0 saturated heterocycles. The van der Waals surface area contributed by atoms with Gasteiger partial charge < -0.3 is 5.32 Å². The molecular formula is C15H13ClN2O. The van der Waals surface area contributed by atoms with Gasteiger partial charge in [-0.05, 0) is 18.6 Å². The molecule has 1 N–H and O–H groups in total. The zero-order valence-corrected chi connectivity index (χ0v) is 11.1. The highest BCUT2D eigenvalue weighted by atomic mass is 35.5. The molecule has 0 bridgehead atoms. The fraction of sp³-hybridized carbons (Fsp3) is 0.200. The Morgan fingerprint density at radius 1 is 1.42 bits per heavy atom. The van der Waals surface area contributed by atoms with Crippen LogP contribution in [0.1, 0.15) is 23.3 Å².